The molecule has 31 heavy (non-hydrogen) atoms. The highest BCUT2D eigenvalue weighted by Gasteiger charge is 2.09. The maximum absolute atomic E-state index is 15.1. The smallest absolute Gasteiger partial charge is 0.155 e. The second-order valence-electron chi connectivity index (χ2n) is 7.49. The largest absolute Gasteiger partial charge is 0.491 e. The van der Waals surface area contributed by atoms with E-state index < -0.39 is 0 Å². The number of fused-ring (bicyclic) bond motifs is 1. The van der Waals surface area contributed by atoms with Gasteiger partial charge in [0.1, 0.15) is 11.6 Å². The highest BCUT2D eigenvalue weighted by atomic mass is 35.5. The Hall–Kier alpha value is -2.98. The van der Waals surface area contributed by atoms with Crippen LogP contribution in [0.1, 0.15) is 29.4 Å². The standard InChI is InChI=1S/C26H24ClFN2O/c1-2-31-23-16-29-25(30-17-23)14-7-19-6-13-24-21(15-19)10-9-20(26(24)28)8-3-18-4-11-22(27)12-5-18/h4-6,9-13,15-17H,2-3,7-8,14H2,1H3. The number of ether oxygens (including phenoxy) is 1. The van der Waals surface area contributed by atoms with Gasteiger partial charge in [0.05, 0.1) is 19.0 Å². The van der Waals surface area contributed by atoms with Gasteiger partial charge in [-0.1, -0.05) is 54.1 Å². The fourth-order valence-corrected chi connectivity index (χ4v) is 3.76. The van der Waals surface area contributed by atoms with Gasteiger partial charge in [-0.3, -0.25) is 0 Å². The second kappa shape index (κ2) is 9.88. The van der Waals surface area contributed by atoms with Gasteiger partial charge in [0.25, 0.3) is 0 Å². The summed E-state index contributed by atoms with van der Waals surface area (Å²) in [5, 5.41) is 2.29. The summed E-state index contributed by atoms with van der Waals surface area (Å²) in [6.07, 6.45) is 6.35. The lowest BCUT2D eigenvalue weighted by Crippen LogP contribution is -2.00. The van der Waals surface area contributed by atoms with Crippen LogP contribution in [-0.4, -0.2) is 16.6 Å². The van der Waals surface area contributed by atoms with E-state index in [1.54, 1.807) is 12.4 Å². The van der Waals surface area contributed by atoms with Crippen molar-refractivity contribution >= 4 is 22.4 Å². The Bertz CT molecular complexity index is 1160. The van der Waals surface area contributed by atoms with Crippen LogP contribution in [0.4, 0.5) is 4.39 Å². The van der Waals surface area contributed by atoms with Crippen LogP contribution in [0.3, 0.4) is 0 Å². The van der Waals surface area contributed by atoms with Gasteiger partial charge in [-0.25, -0.2) is 14.4 Å². The van der Waals surface area contributed by atoms with E-state index in [1.807, 2.05) is 55.5 Å². The molecule has 5 heteroatoms. The van der Waals surface area contributed by atoms with Gasteiger partial charge in [0.15, 0.2) is 5.75 Å². The quantitative estimate of drug-likeness (QED) is 0.322. The molecule has 0 spiro atoms. The van der Waals surface area contributed by atoms with E-state index in [0.717, 1.165) is 47.2 Å². The predicted octanol–water partition coefficient (Wildman–Crippen LogP) is 6.39. The molecule has 0 saturated carbocycles. The second-order valence-corrected chi connectivity index (χ2v) is 7.93. The van der Waals surface area contributed by atoms with Crippen molar-refractivity contribution in [1.29, 1.82) is 0 Å². The molecular formula is C26H24ClFN2O. The molecule has 0 aliphatic heterocycles. The highest BCUT2D eigenvalue weighted by molar-refractivity contribution is 6.30. The lowest BCUT2D eigenvalue weighted by molar-refractivity contribution is 0.337. The van der Waals surface area contributed by atoms with Crippen LogP contribution in [-0.2, 0) is 25.7 Å². The maximum atomic E-state index is 15.1. The summed E-state index contributed by atoms with van der Waals surface area (Å²) in [6.45, 7) is 2.53. The molecule has 4 aromatic rings. The van der Waals surface area contributed by atoms with Crippen molar-refractivity contribution in [2.45, 2.75) is 32.6 Å². The van der Waals surface area contributed by atoms with Crippen molar-refractivity contribution in [2.75, 3.05) is 6.61 Å². The summed E-state index contributed by atoms with van der Waals surface area (Å²) < 4.78 is 20.4. The molecule has 0 N–H and O–H groups in total. The Morgan fingerprint density at radius 1 is 0.839 bits per heavy atom. The zero-order valence-corrected chi connectivity index (χ0v) is 18.2. The summed E-state index contributed by atoms with van der Waals surface area (Å²) in [5.41, 5.74) is 3.02. The highest BCUT2D eigenvalue weighted by Crippen LogP contribution is 2.24. The number of aromatic nitrogens is 2. The molecule has 3 nitrogen and oxygen atoms in total. The third kappa shape index (κ3) is 5.39. The Labute approximate surface area is 186 Å². The average molecular weight is 435 g/mol. The van der Waals surface area contributed by atoms with Crippen molar-refractivity contribution in [3.8, 4) is 5.75 Å². The number of hydrogen-bond donors (Lipinski definition) is 0. The van der Waals surface area contributed by atoms with E-state index in [-0.39, 0.29) is 5.82 Å². The number of aryl methyl sites for hydroxylation is 4. The summed E-state index contributed by atoms with van der Waals surface area (Å²) in [5.74, 6) is 1.32. The first kappa shape index (κ1) is 21.3. The fraction of sp³-hybridized carbons (Fsp3) is 0.231. The van der Waals surface area contributed by atoms with Gasteiger partial charge in [-0.05, 0) is 60.4 Å². The Kier molecular flexibility index (Phi) is 6.78. The number of benzene rings is 3. The zero-order chi connectivity index (χ0) is 21.6. The summed E-state index contributed by atoms with van der Waals surface area (Å²) in [4.78, 5) is 8.69. The molecule has 1 heterocycles. The molecule has 0 unspecified atom stereocenters. The Morgan fingerprint density at radius 3 is 2.29 bits per heavy atom. The number of halogens is 2. The van der Waals surface area contributed by atoms with Gasteiger partial charge in [0.2, 0.25) is 0 Å². The van der Waals surface area contributed by atoms with Gasteiger partial charge >= 0.3 is 0 Å². The third-order valence-electron chi connectivity index (χ3n) is 5.32. The fourth-order valence-electron chi connectivity index (χ4n) is 3.63. The van der Waals surface area contributed by atoms with Crippen LogP contribution in [0.25, 0.3) is 10.8 Å². The zero-order valence-electron chi connectivity index (χ0n) is 17.4. The number of hydrogen-bond acceptors (Lipinski definition) is 3. The lowest BCUT2D eigenvalue weighted by Gasteiger charge is -2.09. The van der Waals surface area contributed by atoms with Crippen molar-refractivity contribution in [1.82, 2.24) is 9.97 Å². The summed E-state index contributed by atoms with van der Waals surface area (Å²) >= 11 is 5.94. The molecule has 3 aromatic carbocycles. The molecule has 0 amide bonds. The predicted molar refractivity (Wildman–Crippen MR) is 123 cm³/mol. The maximum Gasteiger partial charge on any atom is 0.155 e. The molecule has 158 valence electrons. The van der Waals surface area contributed by atoms with Gasteiger partial charge in [-0.2, -0.15) is 0 Å². The molecule has 0 saturated heterocycles. The van der Waals surface area contributed by atoms with E-state index in [0.29, 0.717) is 29.2 Å². The molecular weight excluding hydrogens is 411 g/mol. The summed E-state index contributed by atoms with van der Waals surface area (Å²) in [6, 6.07) is 17.5. The van der Waals surface area contributed by atoms with Crippen molar-refractivity contribution < 1.29 is 9.13 Å². The topological polar surface area (TPSA) is 35.0 Å². The number of rotatable bonds is 8. The van der Waals surface area contributed by atoms with E-state index in [9.17, 15) is 0 Å². The summed E-state index contributed by atoms with van der Waals surface area (Å²) in [7, 11) is 0. The minimum absolute atomic E-state index is 0.132. The molecule has 0 bridgehead atoms. The molecule has 0 atom stereocenters. The first-order valence-electron chi connectivity index (χ1n) is 10.5. The van der Waals surface area contributed by atoms with Gasteiger partial charge < -0.3 is 4.74 Å². The van der Waals surface area contributed by atoms with E-state index in [2.05, 4.69) is 16.0 Å². The van der Waals surface area contributed by atoms with Crippen molar-refractivity contribution in [2.24, 2.45) is 0 Å². The van der Waals surface area contributed by atoms with Gasteiger partial charge in [-0.15, -0.1) is 0 Å². The SMILES string of the molecule is CCOc1cnc(CCc2ccc3c(F)c(CCc4ccc(Cl)cc4)ccc3c2)nc1. The van der Waals surface area contributed by atoms with Crippen LogP contribution >= 0.6 is 11.6 Å². The number of nitrogens with zero attached hydrogens (tertiary/aromatic N) is 2. The van der Waals surface area contributed by atoms with Gasteiger partial charge in [0, 0.05) is 16.8 Å². The van der Waals surface area contributed by atoms with E-state index >= 15 is 4.39 Å². The van der Waals surface area contributed by atoms with Crippen molar-refractivity contribution in [3.05, 3.63) is 100 Å². The molecule has 1 aromatic heterocycles. The minimum atomic E-state index is -0.132. The van der Waals surface area contributed by atoms with Crippen LogP contribution < -0.4 is 4.74 Å². The lowest BCUT2D eigenvalue weighted by atomic mass is 9.98. The first-order chi connectivity index (χ1) is 15.1. The van der Waals surface area contributed by atoms with Crippen LogP contribution in [0.2, 0.25) is 5.02 Å². The monoisotopic (exact) mass is 434 g/mol. The van der Waals surface area contributed by atoms with E-state index in [1.165, 1.54) is 0 Å². The Morgan fingerprint density at radius 2 is 1.55 bits per heavy atom. The molecule has 0 fully saturated rings. The minimum Gasteiger partial charge on any atom is -0.491 e. The average Bonchev–Trinajstić information content (AvgIpc) is 2.79. The van der Waals surface area contributed by atoms with E-state index in [4.69, 9.17) is 16.3 Å². The normalized spacial score (nSPS) is 11.1. The van der Waals surface area contributed by atoms with Crippen LogP contribution in [0, 0.1) is 5.82 Å². The first-order valence-corrected chi connectivity index (χ1v) is 10.9. The Balaban J connectivity index is 1.43. The molecule has 4 rings (SSSR count). The molecule has 0 radical (unpaired) electrons. The van der Waals surface area contributed by atoms with Crippen LogP contribution in [0.5, 0.6) is 5.75 Å². The third-order valence-corrected chi connectivity index (χ3v) is 5.58. The van der Waals surface area contributed by atoms with Crippen molar-refractivity contribution in [3.63, 3.8) is 0 Å². The molecule has 0 aliphatic rings. The molecule has 0 aliphatic carbocycles. The van der Waals surface area contributed by atoms with Crippen LogP contribution in [0.15, 0.2) is 67.0 Å².